The van der Waals surface area contributed by atoms with Crippen molar-refractivity contribution in [3.8, 4) is 5.69 Å². The highest BCUT2D eigenvalue weighted by Gasteiger charge is 2.17. The molecule has 0 aliphatic heterocycles. The Balaban J connectivity index is 1.33. The average Bonchev–Trinajstić information content (AvgIpc) is 3.39. The number of rotatable bonds is 5. The molecule has 0 saturated heterocycles. The Morgan fingerprint density at radius 1 is 0.935 bits per heavy atom. The molecule has 5 rings (SSSR count). The molecule has 0 N–H and O–H groups in total. The molecule has 0 radical (unpaired) electrons. The number of ether oxygens (including phenoxy) is 1. The van der Waals surface area contributed by atoms with E-state index in [1.165, 1.54) is 11.1 Å². The summed E-state index contributed by atoms with van der Waals surface area (Å²) in [5.74, 6) is 0.121. The van der Waals surface area contributed by atoms with E-state index in [0.717, 1.165) is 36.3 Å². The molecular formula is C26H22N2O3. The highest BCUT2D eigenvalue weighted by Crippen LogP contribution is 2.24. The van der Waals surface area contributed by atoms with Gasteiger partial charge in [0.1, 0.15) is 5.82 Å². The lowest BCUT2D eigenvalue weighted by Gasteiger charge is -2.08. The number of carbonyl (C=O) groups is 2. The molecular weight excluding hydrogens is 388 g/mol. The van der Waals surface area contributed by atoms with Gasteiger partial charge in [-0.1, -0.05) is 30.3 Å². The molecule has 0 spiro atoms. The fourth-order valence-corrected chi connectivity index (χ4v) is 4.27. The molecule has 0 fully saturated rings. The molecule has 31 heavy (non-hydrogen) atoms. The van der Waals surface area contributed by atoms with Crippen molar-refractivity contribution in [2.45, 2.75) is 26.2 Å². The molecule has 5 nitrogen and oxygen atoms in total. The third-order valence-corrected chi connectivity index (χ3v) is 5.83. The maximum atomic E-state index is 12.6. The van der Waals surface area contributed by atoms with E-state index in [2.05, 4.69) is 4.98 Å². The number of hydrogen-bond donors (Lipinski definition) is 0. The van der Waals surface area contributed by atoms with Gasteiger partial charge in [0, 0.05) is 11.3 Å². The minimum atomic E-state index is -0.525. The standard InChI is InChI=1S/C26H22N2O3/c1-17-27-23-15-21(12-13-24(23)28(17)22-8-3-2-4-9-22)26(30)31-16-25(29)20-11-10-18-6-5-7-19(18)14-20/h2-4,8-15H,5-7,16H2,1H3. The quantitative estimate of drug-likeness (QED) is 0.348. The van der Waals surface area contributed by atoms with Crippen molar-refractivity contribution in [2.24, 2.45) is 0 Å². The van der Waals surface area contributed by atoms with Gasteiger partial charge in [0.05, 0.1) is 16.6 Å². The van der Waals surface area contributed by atoms with Gasteiger partial charge in [-0.2, -0.15) is 0 Å². The maximum Gasteiger partial charge on any atom is 0.338 e. The van der Waals surface area contributed by atoms with Crippen LogP contribution < -0.4 is 0 Å². The van der Waals surface area contributed by atoms with E-state index >= 15 is 0 Å². The van der Waals surface area contributed by atoms with Gasteiger partial charge < -0.3 is 4.74 Å². The number of carbonyl (C=O) groups excluding carboxylic acids is 2. The second-order valence-corrected chi connectivity index (χ2v) is 7.87. The number of ketones is 1. The minimum Gasteiger partial charge on any atom is -0.454 e. The fourth-order valence-electron chi connectivity index (χ4n) is 4.27. The Kier molecular flexibility index (Phi) is 4.86. The van der Waals surface area contributed by atoms with Crippen LogP contribution in [0.15, 0.2) is 66.7 Å². The molecule has 1 heterocycles. The topological polar surface area (TPSA) is 61.2 Å². The summed E-state index contributed by atoms with van der Waals surface area (Å²) < 4.78 is 7.35. The van der Waals surface area contributed by atoms with Gasteiger partial charge in [-0.15, -0.1) is 0 Å². The van der Waals surface area contributed by atoms with Crippen LogP contribution in [0.2, 0.25) is 0 Å². The molecule has 0 amide bonds. The maximum absolute atomic E-state index is 12.6. The van der Waals surface area contributed by atoms with Gasteiger partial charge >= 0.3 is 5.97 Å². The van der Waals surface area contributed by atoms with E-state index in [4.69, 9.17) is 4.74 Å². The molecule has 1 aromatic heterocycles. The van der Waals surface area contributed by atoms with Crippen LogP contribution in [-0.2, 0) is 17.6 Å². The number of hydrogen-bond acceptors (Lipinski definition) is 4. The number of aryl methyl sites for hydroxylation is 3. The van der Waals surface area contributed by atoms with Crippen molar-refractivity contribution in [1.82, 2.24) is 9.55 Å². The molecule has 0 bridgehead atoms. The van der Waals surface area contributed by atoms with Crippen molar-refractivity contribution in [2.75, 3.05) is 6.61 Å². The molecule has 0 saturated carbocycles. The van der Waals surface area contributed by atoms with Crippen molar-refractivity contribution < 1.29 is 14.3 Å². The summed E-state index contributed by atoms with van der Waals surface area (Å²) in [6.07, 6.45) is 3.20. The smallest absolute Gasteiger partial charge is 0.338 e. The van der Waals surface area contributed by atoms with Crippen LogP contribution in [0.25, 0.3) is 16.7 Å². The average molecular weight is 410 g/mol. The van der Waals surface area contributed by atoms with Gasteiger partial charge in [0.15, 0.2) is 12.4 Å². The van der Waals surface area contributed by atoms with E-state index in [-0.39, 0.29) is 12.4 Å². The van der Waals surface area contributed by atoms with Crippen molar-refractivity contribution in [3.63, 3.8) is 0 Å². The van der Waals surface area contributed by atoms with Gasteiger partial charge in [-0.3, -0.25) is 9.36 Å². The van der Waals surface area contributed by atoms with Crippen molar-refractivity contribution >= 4 is 22.8 Å². The Labute approximate surface area is 180 Å². The van der Waals surface area contributed by atoms with Gasteiger partial charge in [-0.05, 0) is 73.7 Å². The number of Topliss-reactive ketones (excluding diaryl/α,β-unsaturated/α-hetero) is 1. The van der Waals surface area contributed by atoms with Gasteiger partial charge in [0.25, 0.3) is 0 Å². The van der Waals surface area contributed by atoms with Crippen LogP contribution in [0.4, 0.5) is 0 Å². The number of aromatic nitrogens is 2. The molecule has 1 aliphatic rings. The van der Waals surface area contributed by atoms with Gasteiger partial charge in [0.2, 0.25) is 0 Å². The molecule has 5 heteroatoms. The summed E-state index contributed by atoms with van der Waals surface area (Å²) in [7, 11) is 0. The zero-order chi connectivity index (χ0) is 21.4. The van der Waals surface area contributed by atoms with E-state index < -0.39 is 5.97 Å². The lowest BCUT2D eigenvalue weighted by Crippen LogP contribution is -2.14. The molecule has 4 aromatic rings. The predicted octanol–water partition coefficient (Wildman–Crippen LogP) is 4.86. The highest BCUT2D eigenvalue weighted by atomic mass is 16.5. The number of benzene rings is 3. The summed E-state index contributed by atoms with van der Waals surface area (Å²) in [6.45, 7) is 1.66. The third-order valence-electron chi connectivity index (χ3n) is 5.83. The molecule has 0 atom stereocenters. The summed E-state index contributed by atoms with van der Waals surface area (Å²) in [6, 6.07) is 21.0. The second kappa shape index (κ2) is 7.84. The zero-order valence-corrected chi connectivity index (χ0v) is 17.3. The fraction of sp³-hybridized carbons (Fsp3) is 0.192. The number of nitrogens with zero attached hydrogens (tertiary/aromatic N) is 2. The largest absolute Gasteiger partial charge is 0.454 e. The van der Waals surface area contributed by atoms with Crippen LogP contribution in [0.5, 0.6) is 0 Å². The zero-order valence-electron chi connectivity index (χ0n) is 17.3. The number of esters is 1. The lowest BCUT2D eigenvalue weighted by atomic mass is 10.0. The van der Waals surface area contributed by atoms with Gasteiger partial charge in [-0.25, -0.2) is 9.78 Å². The Morgan fingerprint density at radius 3 is 2.55 bits per heavy atom. The minimum absolute atomic E-state index is 0.187. The first kappa shape index (κ1) is 19.2. The highest BCUT2D eigenvalue weighted by molar-refractivity contribution is 6.00. The van der Waals surface area contributed by atoms with E-state index in [9.17, 15) is 9.59 Å². The first-order chi connectivity index (χ1) is 15.1. The van der Waals surface area contributed by atoms with Crippen LogP contribution >= 0.6 is 0 Å². The summed E-state index contributed by atoms with van der Waals surface area (Å²) >= 11 is 0. The summed E-state index contributed by atoms with van der Waals surface area (Å²) in [5, 5.41) is 0. The van der Waals surface area contributed by atoms with Crippen molar-refractivity contribution in [1.29, 1.82) is 0 Å². The number of para-hydroxylation sites is 1. The van der Waals surface area contributed by atoms with E-state index in [1.54, 1.807) is 12.1 Å². The van der Waals surface area contributed by atoms with E-state index in [0.29, 0.717) is 16.6 Å². The van der Waals surface area contributed by atoms with Crippen LogP contribution in [0.1, 0.15) is 44.1 Å². The Morgan fingerprint density at radius 2 is 1.71 bits per heavy atom. The number of imidazole rings is 1. The van der Waals surface area contributed by atoms with E-state index in [1.807, 2.05) is 66.1 Å². The van der Waals surface area contributed by atoms with Crippen LogP contribution in [0, 0.1) is 6.92 Å². The van der Waals surface area contributed by atoms with Crippen LogP contribution in [0.3, 0.4) is 0 Å². The monoisotopic (exact) mass is 410 g/mol. The Hall–Kier alpha value is -3.73. The number of fused-ring (bicyclic) bond motifs is 2. The molecule has 1 aliphatic carbocycles. The summed E-state index contributed by atoms with van der Waals surface area (Å²) in [5.41, 5.74) is 6.15. The normalized spacial score (nSPS) is 12.7. The van der Waals surface area contributed by atoms with Crippen LogP contribution in [-0.4, -0.2) is 27.9 Å². The summed E-state index contributed by atoms with van der Waals surface area (Å²) in [4.78, 5) is 29.7. The third kappa shape index (κ3) is 3.63. The Bertz CT molecular complexity index is 1310. The first-order valence-electron chi connectivity index (χ1n) is 10.5. The predicted molar refractivity (Wildman–Crippen MR) is 119 cm³/mol. The molecule has 0 unspecified atom stereocenters. The molecule has 3 aromatic carbocycles. The first-order valence-corrected chi connectivity index (χ1v) is 10.5. The van der Waals surface area contributed by atoms with Crippen molar-refractivity contribution in [3.05, 3.63) is 94.8 Å². The molecule has 154 valence electrons. The SMILES string of the molecule is Cc1nc2cc(C(=O)OCC(=O)c3ccc4c(c3)CCC4)ccc2n1-c1ccccc1. The lowest BCUT2D eigenvalue weighted by molar-refractivity contribution is 0.0475. The second-order valence-electron chi connectivity index (χ2n) is 7.87.